The van der Waals surface area contributed by atoms with Gasteiger partial charge in [0.15, 0.2) is 11.6 Å². The van der Waals surface area contributed by atoms with Gasteiger partial charge in [0.05, 0.1) is 11.8 Å². The monoisotopic (exact) mass is 247 g/mol. The molecule has 0 spiro atoms. The second-order valence-corrected chi connectivity index (χ2v) is 4.10. The Labute approximate surface area is 103 Å². The Morgan fingerprint density at radius 2 is 2.18 bits per heavy atom. The fraction of sp³-hybridized carbons (Fsp3) is 0.182. The van der Waals surface area contributed by atoms with E-state index in [1.54, 1.807) is 6.20 Å². The molecule has 0 atom stereocenters. The molecule has 2 heterocycles. The van der Waals surface area contributed by atoms with E-state index in [0.29, 0.717) is 16.4 Å². The minimum absolute atomic E-state index is 0.219. The topological polar surface area (TPSA) is 80.5 Å². The van der Waals surface area contributed by atoms with E-state index in [0.717, 1.165) is 11.3 Å². The van der Waals surface area contributed by atoms with Gasteiger partial charge in [0, 0.05) is 5.69 Å². The molecule has 0 aliphatic heterocycles. The Kier molecular flexibility index (Phi) is 2.74. The summed E-state index contributed by atoms with van der Waals surface area (Å²) in [5.74, 6) is 0.667. The number of anilines is 1. The molecular formula is C11H10ClN5. The summed E-state index contributed by atoms with van der Waals surface area (Å²) in [7, 11) is 0. The number of nitriles is 1. The van der Waals surface area contributed by atoms with Crippen LogP contribution in [0.4, 0.5) is 5.82 Å². The van der Waals surface area contributed by atoms with Crippen LogP contribution in [0.25, 0.3) is 5.82 Å². The second kappa shape index (κ2) is 4.07. The lowest BCUT2D eigenvalue weighted by Crippen LogP contribution is -2.05. The van der Waals surface area contributed by atoms with E-state index in [1.807, 2.05) is 19.9 Å². The standard InChI is InChI=1S/C11H10ClN5/c1-6-3-7(2)15-11(8(6)4-13)17-5-9(12)10(14)16-17/h3,5H,1-2H3,(H2,14,16). The van der Waals surface area contributed by atoms with Gasteiger partial charge in [0.2, 0.25) is 0 Å². The van der Waals surface area contributed by atoms with E-state index in [9.17, 15) is 0 Å². The highest BCUT2D eigenvalue weighted by Gasteiger charge is 2.13. The highest BCUT2D eigenvalue weighted by atomic mass is 35.5. The van der Waals surface area contributed by atoms with Crippen LogP contribution in [-0.4, -0.2) is 14.8 Å². The minimum Gasteiger partial charge on any atom is -0.381 e. The van der Waals surface area contributed by atoms with Crippen molar-refractivity contribution >= 4 is 17.4 Å². The van der Waals surface area contributed by atoms with Crippen molar-refractivity contribution in [1.82, 2.24) is 14.8 Å². The lowest BCUT2D eigenvalue weighted by Gasteiger charge is -2.06. The highest BCUT2D eigenvalue weighted by molar-refractivity contribution is 6.32. The van der Waals surface area contributed by atoms with Gasteiger partial charge >= 0.3 is 0 Å². The average molecular weight is 248 g/mol. The number of hydrogen-bond donors (Lipinski definition) is 1. The first-order valence-corrected chi connectivity index (χ1v) is 5.30. The lowest BCUT2D eigenvalue weighted by molar-refractivity contribution is 0.839. The Hall–Kier alpha value is -2.06. The summed E-state index contributed by atoms with van der Waals surface area (Å²) in [6.07, 6.45) is 1.54. The summed E-state index contributed by atoms with van der Waals surface area (Å²) >= 11 is 5.84. The third kappa shape index (κ3) is 1.95. The summed E-state index contributed by atoms with van der Waals surface area (Å²) in [6.45, 7) is 3.71. The van der Waals surface area contributed by atoms with Crippen LogP contribution in [0.15, 0.2) is 12.3 Å². The molecule has 2 aromatic heterocycles. The number of rotatable bonds is 1. The molecule has 5 nitrogen and oxygen atoms in total. The summed E-state index contributed by atoms with van der Waals surface area (Å²) in [5, 5.41) is 13.5. The Morgan fingerprint density at radius 3 is 2.71 bits per heavy atom. The smallest absolute Gasteiger partial charge is 0.171 e. The fourth-order valence-electron chi connectivity index (χ4n) is 1.60. The molecule has 6 heteroatoms. The maximum absolute atomic E-state index is 9.13. The average Bonchev–Trinajstić information content (AvgIpc) is 2.58. The second-order valence-electron chi connectivity index (χ2n) is 3.70. The predicted molar refractivity (Wildman–Crippen MR) is 65.0 cm³/mol. The van der Waals surface area contributed by atoms with Gasteiger partial charge in [0.1, 0.15) is 11.1 Å². The molecule has 0 saturated carbocycles. The van der Waals surface area contributed by atoms with Crippen molar-refractivity contribution in [2.45, 2.75) is 13.8 Å². The molecule has 0 saturated heterocycles. The van der Waals surface area contributed by atoms with E-state index >= 15 is 0 Å². The number of nitrogens with zero attached hydrogens (tertiary/aromatic N) is 4. The highest BCUT2D eigenvalue weighted by Crippen LogP contribution is 2.21. The molecule has 0 aromatic carbocycles. The molecule has 0 aliphatic rings. The van der Waals surface area contributed by atoms with E-state index in [2.05, 4.69) is 16.2 Å². The number of nitrogens with two attached hydrogens (primary N) is 1. The molecular weight excluding hydrogens is 238 g/mol. The molecule has 2 aromatic rings. The van der Waals surface area contributed by atoms with Crippen LogP contribution in [0.5, 0.6) is 0 Å². The zero-order chi connectivity index (χ0) is 12.6. The van der Waals surface area contributed by atoms with Gasteiger partial charge in [-0.05, 0) is 25.5 Å². The number of nitrogen functional groups attached to an aromatic ring is 1. The number of aryl methyl sites for hydroxylation is 2. The maximum atomic E-state index is 9.13. The van der Waals surface area contributed by atoms with E-state index in [4.69, 9.17) is 22.6 Å². The zero-order valence-electron chi connectivity index (χ0n) is 9.40. The van der Waals surface area contributed by atoms with Gasteiger partial charge in [-0.2, -0.15) is 5.26 Å². The third-order valence-corrected chi connectivity index (χ3v) is 2.64. The summed E-state index contributed by atoms with van der Waals surface area (Å²) in [6, 6.07) is 3.95. The third-order valence-electron chi connectivity index (χ3n) is 2.35. The molecule has 0 unspecified atom stereocenters. The largest absolute Gasteiger partial charge is 0.381 e. The Bertz CT molecular complexity index is 604. The van der Waals surface area contributed by atoms with E-state index < -0.39 is 0 Å². The molecule has 0 amide bonds. The fourth-order valence-corrected chi connectivity index (χ4v) is 1.73. The normalized spacial score (nSPS) is 10.2. The Balaban J connectivity index is 2.70. The van der Waals surface area contributed by atoms with Crippen LogP contribution in [0, 0.1) is 25.2 Å². The van der Waals surface area contributed by atoms with Crippen molar-refractivity contribution in [1.29, 1.82) is 5.26 Å². The molecule has 17 heavy (non-hydrogen) atoms. The number of pyridine rings is 1. The van der Waals surface area contributed by atoms with Crippen molar-refractivity contribution in [3.05, 3.63) is 34.1 Å². The van der Waals surface area contributed by atoms with Crippen LogP contribution >= 0.6 is 11.6 Å². The molecule has 0 fully saturated rings. The van der Waals surface area contributed by atoms with Crippen molar-refractivity contribution < 1.29 is 0 Å². The summed E-state index contributed by atoms with van der Waals surface area (Å²) in [4.78, 5) is 4.29. The van der Waals surface area contributed by atoms with Gasteiger partial charge in [-0.15, -0.1) is 5.10 Å². The molecule has 0 aliphatic carbocycles. The SMILES string of the molecule is Cc1cc(C)c(C#N)c(-n2cc(Cl)c(N)n2)n1. The van der Waals surface area contributed by atoms with Crippen LogP contribution in [0.2, 0.25) is 5.02 Å². The van der Waals surface area contributed by atoms with Crippen molar-refractivity contribution in [2.24, 2.45) is 0 Å². The van der Waals surface area contributed by atoms with Crippen LogP contribution < -0.4 is 5.73 Å². The van der Waals surface area contributed by atoms with Gasteiger partial charge in [0.25, 0.3) is 0 Å². The molecule has 0 radical (unpaired) electrons. The first-order chi connectivity index (χ1) is 8.02. The number of hydrogen-bond acceptors (Lipinski definition) is 4. The van der Waals surface area contributed by atoms with Crippen molar-refractivity contribution in [3.63, 3.8) is 0 Å². The van der Waals surface area contributed by atoms with Crippen LogP contribution in [-0.2, 0) is 0 Å². The zero-order valence-corrected chi connectivity index (χ0v) is 10.2. The molecule has 2 rings (SSSR count). The first kappa shape index (κ1) is 11.4. The van der Waals surface area contributed by atoms with Gasteiger partial charge in [-0.25, -0.2) is 9.67 Å². The molecule has 86 valence electrons. The lowest BCUT2D eigenvalue weighted by atomic mass is 10.1. The van der Waals surface area contributed by atoms with E-state index in [-0.39, 0.29) is 5.82 Å². The quantitative estimate of drug-likeness (QED) is 0.836. The van der Waals surface area contributed by atoms with Crippen LogP contribution in [0.1, 0.15) is 16.8 Å². The van der Waals surface area contributed by atoms with Crippen molar-refractivity contribution in [2.75, 3.05) is 5.73 Å². The molecule has 0 bridgehead atoms. The van der Waals surface area contributed by atoms with Gasteiger partial charge in [-0.1, -0.05) is 11.6 Å². The van der Waals surface area contributed by atoms with E-state index in [1.165, 1.54) is 4.68 Å². The van der Waals surface area contributed by atoms with Gasteiger partial charge < -0.3 is 5.73 Å². The molecule has 2 N–H and O–H groups in total. The van der Waals surface area contributed by atoms with Gasteiger partial charge in [-0.3, -0.25) is 0 Å². The first-order valence-electron chi connectivity index (χ1n) is 4.92. The minimum atomic E-state index is 0.219. The van der Waals surface area contributed by atoms with Crippen molar-refractivity contribution in [3.8, 4) is 11.9 Å². The Morgan fingerprint density at radius 1 is 1.47 bits per heavy atom. The number of aromatic nitrogens is 3. The van der Waals surface area contributed by atoms with Crippen LogP contribution in [0.3, 0.4) is 0 Å². The maximum Gasteiger partial charge on any atom is 0.171 e. The predicted octanol–water partition coefficient (Wildman–Crippen LogP) is 1.99. The number of halogens is 1. The summed E-state index contributed by atoms with van der Waals surface area (Å²) in [5.41, 5.74) is 7.69. The summed E-state index contributed by atoms with van der Waals surface area (Å²) < 4.78 is 1.43.